The van der Waals surface area contributed by atoms with Crippen molar-refractivity contribution < 1.29 is 27.5 Å². The smallest absolute Gasteiger partial charge is 0.338 e. The highest BCUT2D eigenvalue weighted by molar-refractivity contribution is 7.89. The SMILES string of the molecule is O=C(OCC(=O)c1ccc(Cl)s1)c1ccc(S(=O)(=O)N2CCOCC2)cc1. The number of benzene rings is 1. The van der Waals surface area contributed by atoms with Crippen LogP contribution in [0.4, 0.5) is 0 Å². The maximum Gasteiger partial charge on any atom is 0.338 e. The van der Waals surface area contributed by atoms with Crippen molar-refractivity contribution in [3.63, 3.8) is 0 Å². The Bertz CT molecular complexity index is 933. The van der Waals surface area contributed by atoms with Crippen LogP contribution in [0.15, 0.2) is 41.3 Å². The van der Waals surface area contributed by atoms with Gasteiger partial charge >= 0.3 is 5.97 Å². The second kappa shape index (κ2) is 8.49. The van der Waals surface area contributed by atoms with Crippen molar-refractivity contribution in [3.8, 4) is 0 Å². The second-order valence-electron chi connectivity index (χ2n) is 5.64. The fourth-order valence-corrected chi connectivity index (χ4v) is 4.82. The van der Waals surface area contributed by atoms with E-state index in [0.29, 0.717) is 35.5 Å². The molecule has 1 fully saturated rings. The summed E-state index contributed by atoms with van der Waals surface area (Å²) < 4.78 is 37.1. The van der Waals surface area contributed by atoms with Gasteiger partial charge in [0.2, 0.25) is 15.8 Å². The summed E-state index contributed by atoms with van der Waals surface area (Å²) in [7, 11) is -3.63. The lowest BCUT2D eigenvalue weighted by molar-refractivity contribution is 0.0475. The molecule has 1 aliphatic rings. The van der Waals surface area contributed by atoms with Crippen LogP contribution < -0.4 is 0 Å². The molecule has 0 bridgehead atoms. The third-order valence-corrected chi connectivity index (χ3v) is 7.07. The first kappa shape index (κ1) is 20.0. The molecule has 3 rings (SSSR count). The predicted octanol–water partition coefficient (Wildman–Crippen LogP) is 2.46. The minimum atomic E-state index is -3.63. The number of nitrogens with zero attached hydrogens (tertiary/aromatic N) is 1. The third kappa shape index (κ3) is 4.74. The van der Waals surface area contributed by atoms with Crippen molar-refractivity contribution in [1.82, 2.24) is 4.31 Å². The Kier molecular flexibility index (Phi) is 6.28. The normalized spacial score (nSPS) is 15.4. The number of sulfonamides is 1. The van der Waals surface area contributed by atoms with Crippen LogP contribution >= 0.6 is 22.9 Å². The van der Waals surface area contributed by atoms with Crippen molar-refractivity contribution in [2.45, 2.75) is 4.90 Å². The lowest BCUT2D eigenvalue weighted by atomic mass is 10.2. The molecule has 10 heteroatoms. The number of thiophene rings is 1. The lowest BCUT2D eigenvalue weighted by Crippen LogP contribution is -2.40. The van der Waals surface area contributed by atoms with Crippen molar-refractivity contribution in [3.05, 3.63) is 51.2 Å². The van der Waals surface area contributed by atoms with Gasteiger partial charge in [-0.3, -0.25) is 4.79 Å². The maximum atomic E-state index is 12.5. The van der Waals surface area contributed by atoms with Gasteiger partial charge in [0.05, 0.1) is 32.9 Å². The molecule has 1 aromatic heterocycles. The molecule has 2 aromatic rings. The minimum absolute atomic E-state index is 0.0882. The Morgan fingerprint density at radius 2 is 1.78 bits per heavy atom. The van der Waals surface area contributed by atoms with Crippen LogP contribution in [0.1, 0.15) is 20.0 Å². The molecule has 1 saturated heterocycles. The van der Waals surface area contributed by atoms with Gasteiger partial charge in [0.15, 0.2) is 6.61 Å². The van der Waals surface area contributed by atoms with E-state index < -0.39 is 22.6 Å². The van der Waals surface area contributed by atoms with Crippen LogP contribution in [-0.2, 0) is 19.5 Å². The summed E-state index contributed by atoms with van der Waals surface area (Å²) in [5.74, 6) is -1.06. The molecule has 1 aliphatic heterocycles. The van der Waals surface area contributed by atoms with E-state index in [-0.39, 0.29) is 16.2 Å². The Hall–Kier alpha value is -1.78. The number of ketones is 1. The summed E-state index contributed by atoms with van der Waals surface area (Å²) in [5.41, 5.74) is 0.160. The third-order valence-electron chi connectivity index (χ3n) is 3.88. The fourth-order valence-electron chi connectivity index (χ4n) is 2.45. The summed E-state index contributed by atoms with van der Waals surface area (Å²) in [6, 6.07) is 8.58. The molecule has 1 aromatic carbocycles. The number of morpholine rings is 1. The quantitative estimate of drug-likeness (QED) is 0.517. The molecular formula is C17H16ClNO6S2. The number of ether oxygens (including phenoxy) is 2. The highest BCUT2D eigenvalue weighted by Crippen LogP contribution is 2.22. The maximum absolute atomic E-state index is 12.5. The monoisotopic (exact) mass is 429 g/mol. The molecular weight excluding hydrogens is 414 g/mol. The van der Waals surface area contributed by atoms with E-state index in [0.717, 1.165) is 11.3 Å². The highest BCUT2D eigenvalue weighted by Gasteiger charge is 2.26. The summed E-state index contributed by atoms with van der Waals surface area (Å²) in [4.78, 5) is 24.5. The molecule has 7 nitrogen and oxygen atoms in total. The molecule has 0 N–H and O–H groups in total. The summed E-state index contributed by atoms with van der Waals surface area (Å²) in [6.45, 7) is 0.881. The minimum Gasteiger partial charge on any atom is -0.454 e. The largest absolute Gasteiger partial charge is 0.454 e. The van der Waals surface area contributed by atoms with E-state index >= 15 is 0 Å². The van der Waals surface area contributed by atoms with Crippen LogP contribution in [0.2, 0.25) is 4.34 Å². The molecule has 0 radical (unpaired) electrons. The zero-order chi connectivity index (χ0) is 19.4. The van der Waals surface area contributed by atoms with E-state index in [4.69, 9.17) is 21.1 Å². The topological polar surface area (TPSA) is 90.0 Å². The lowest BCUT2D eigenvalue weighted by Gasteiger charge is -2.26. The molecule has 0 amide bonds. The van der Waals surface area contributed by atoms with Crippen LogP contribution in [0.3, 0.4) is 0 Å². The van der Waals surface area contributed by atoms with Crippen LogP contribution in [0.5, 0.6) is 0 Å². The number of esters is 1. The van der Waals surface area contributed by atoms with Gasteiger partial charge in [0.25, 0.3) is 0 Å². The number of carbonyl (C=O) groups excluding carboxylic acids is 2. The number of hydrogen-bond acceptors (Lipinski definition) is 7. The summed E-state index contributed by atoms with van der Waals surface area (Å²) >= 11 is 6.88. The Morgan fingerprint density at radius 1 is 1.11 bits per heavy atom. The van der Waals surface area contributed by atoms with Crippen molar-refractivity contribution in [2.24, 2.45) is 0 Å². The first-order valence-corrected chi connectivity index (χ1v) is 10.6. The first-order valence-electron chi connectivity index (χ1n) is 8.01. The number of hydrogen-bond donors (Lipinski definition) is 0. The van der Waals surface area contributed by atoms with Gasteiger partial charge in [-0.25, -0.2) is 13.2 Å². The van der Waals surface area contributed by atoms with Gasteiger partial charge in [0, 0.05) is 13.1 Å². The van der Waals surface area contributed by atoms with E-state index in [9.17, 15) is 18.0 Å². The molecule has 0 aliphatic carbocycles. The Morgan fingerprint density at radius 3 is 2.37 bits per heavy atom. The Balaban J connectivity index is 1.62. The van der Waals surface area contributed by atoms with E-state index in [1.165, 1.54) is 28.6 Å². The highest BCUT2D eigenvalue weighted by atomic mass is 35.5. The van der Waals surface area contributed by atoms with E-state index in [1.54, 1.807) is 12.1 Å². The van der Waals surface area contributed by atoms with Gasteiger partial charge in [-0.05, 0) is 36.4 Å². The molecule has 0 spiro atoms. The average molecular weight is 430 g/mol. The molecule has 2 heterocycles. The zero-order valence-corrected chi connectivity index (χ0v) is 16.5. The van der Waals surface area contributed by atoms with Crippen LogP contribution in [0, 0.1) is 0 Å². The number of carbonyl (C=O) groups is 2. The van der Waals surface area contributed by atoms with Gasteiger partial charge in [0.1, 0.15) is 0 Å². The van der Waals surface area contributed by atoms with Gasteiger partial charge < -0.3 is 9.47 Å². The van der Waals surface area contributed by atoms with Crippen LogP contribution in [0.25, 0.3) is 0 Å². The fraction of sp³-hybridized carbons (Fsp3) is 0.294. The average Bonchev–Trinajstić information content (AvgIpc) is 3.13. The first-order chi connectivity index (χ1) is 12.9. The number of halogens is 1. The van der Waals surface area contributed by atoms with Gasteiger partial charge in [-0.1, -0.05) is 11.6 Å². The second-order valence-corrected chi connectivity index (χ2v) is 9.30. The summed E-state index contributed by atoms with van der Waals surface area (Å²) in [5, 5.41) is 0. The number of Topliss-reactive ketones (excluding diaryl/α,β-unsaturated/α-hetero) is 1. The molecule has 27 heavy (non-hydrogen) atoms. The van der Waals surface area contributed by atoms with Crippen molar-refractivity contribution in [2.75, 3.05) is 32.9 Å². The van der Waals surface area contributed by atoms with E-state index in [1.807, 2.05) is 0 Å². The summed E-state index contributed by atoms with van der Waals surface area (Å²) in [6.07, 6.45) is 0. The Labute approximate surface area is 165 Å². The van der Waals surface area contributed by atoms with Gasteiger partial charge in [-0.15, -0.1) is 11.3 Å². The van der Waals surface area contributed by atoms with Crippen molar-refractivity contribution >= 4 is 44.7 Å². The predicted molar refractivity (Wildman–Crippen MR) is 100.0 cm³/mol. The van der Waals surface area contributed by atoms with Crippen LogP contribution in [-0.4, -0.2) is 57.4 Å². The molecule has 144 valence electrons. The van der Waals surface area contributed by atoms with E-state index in [2.05, 4.69) is 0 Å². The van der Waals surface area contributed by atoms with Gasteiger partial charge in [-0.2, -0.15) is 4.31 Å². The van der Waals surface area contributed by atoms with Crippen molar-refractivity contribution in [1.29, 1.82) is 0 Å². The molecule has 0 unspecified atom stereocenters. The zero-order valence-electron chi connectivity index (χ0n) is 14.1. The standard InChI is InChI=1S/C17H16ClNO6S2/c18-16-6-5-15(26-16)14(20)11-25-17(21)12-1-3-13(4-2-12)27(22,23)19-7-9-24-10-8-19/h1-6H,7-11H2. The molecule has 0 saturated carbocycles. The number of rotatable bonds is 6. The molecule has 0 atom stereocenters.